The summed E-state index contributed by atoms with van der Waals surface area (Å²) in [6.45, 7) is 11.5. The van der Waals surface area contributed by atoms with E-state index in [1.807, 2.05) is 0 Å². The third kappa shape index (κ3) is 8.26. The van der Waals surface area contributed by atoms with E-state index in [0.717, 1.165) is 44.2 Å². The van der Waals surface area contributed by atoms with Gasteiger partial charge in [0.25, 0.3) is 0 Å². The van der Waals surface area contributed by atoms with E-state index in [0.29, 0.717) is 0 Å². The van der Waals surface area contributed by atoms with E-state index in [-0.39, 0.29) is 5.92 Å². The lowest BCUT2D eigenvalue weighted by Gasteiger charge is -2.37. The zero-order chi connectivity index (χ0) is 20.8. The highest BCUT2D eigenvalue weighted by Crippen LogP contribution is 2.32. The van der Waals surface area contributed by atoms with Crippen molar-refractivity contribution in [3.8, 4) is 12.1 Å². The molecule has 0 radical (unpaired) electrons. The summed E-state index contributed by atoms with van der Waals surface area (Å²) in [6.07, 6.45) is 15.7. The molecule has 0 aromatic rings. The van der Waals surface area contributed by atoms with Gasteiger partial charge in [0.05, 0.1) is 12.1 Å². The molecule has 0 bridgehead atoms. The van der Waals surface area contributed by atoms with Gasteiger partial charge in [-0.15, -0.1) is 0 Å². The number of rotatable bonds is 14. The first-order valence-electron chi connectivity index (χ1n) is 11.9. The molecule has 0 aliphatic heterocycles. The second-order valence-electron chi connectivity index (χ2n) is 8.69. The van der Waals surface area contributed by atoms with Crippen LogP contribution in [0.2, 0.25) is 0 Å². The smallest absolute Gasteiger partial charge is 0.139 e. The van der Waals surface area contributed by atoms with Crippen molar-refractivity contribution in [2.45, 2.75) is 98.3 Å². The lowest BCUT2D eigenvalue weighted by molar-refractivity contribution is 0.209. The summed E-state index contributed by atoms with van der Waals surface area (Å²) >= 11 is 0. The zero-order valence-electron chi connectivity index (χ0n) is 18.9. The number of nitriles is 2. The second kappa shape index (κ2) is 14.5. The molecular weight excluding hydrogens is 342 g/mol. The highest BCUT2D eigenvalue weighted by Gasteiger charge is 2.26. The second-order valence-corrected chi connectivity index (χ2v) is 8.69. The quantitative estimate of drug-likeness (QED) is 0.321. The minimum absolute atomic E-state index is 0.104. The molecule has 0 saturated carbocycles. The molecular formula is C25H43N3. The van der Waals surface area contributed by atoms with Crippen LogP contribution in [0.4, 0.5) is 0 Å². The largest absolute Gasteiger partial charge is 0.375 e. The maximum Gasteiger partial charge on any atom is 0.139 e. The predicted octanol–water partition coefficient (Wildman–Crippen LogP) is 7.07. The molecule has 0 spiro atoms. The fraction of sp³-hybridized carbons (Fsp3) is 0.840. The fourth-order valence-electron chi connectivity index (χ4n) is 4.45. The minimum atomic E-state index is -0.499. The highest BCUT2D eigenvalue weighted by atomic mass is 15.1. The Bertz CT molecular complexity index is 493. The van der Waals surface area contributed by atoms with Gasteiger partial charge in [-0.1, -0.05) is 72.3 Å². The van der Waals surface area contributed by atoms with Crippen molar-refractivity contribution in [2.75, 3.05) is 13.1 Å². The van der Waals surface area contributed by atoms with Gasteiger partial charge in [0, 0.05) is 24.7 Å². The van der Waals surface area contributed by atoms with Crippen LogP contribution in [-0.2, 0) is 0 Å². The fourth-order valence-corrected chi connectivity index (χ4v) is 4.45. The molecule has 1 aliphatic rings. The average Bonchev–Trinajstić information content (AvgIpc) is 2.73. The molecule has 0 saturated heterocycles. The zero-order valence-corrected chi connectivity index (χ0v) is 18.9. The first-order valence-corrected chi connectivity index (χ1v) is 11.9. The molecule has 0 N–H and O–H groups in total. The van der Waals surface area contributed by atoms with Gasteiger partial charge in [0.2, 0.25) is 0 Å². The summed E-state index contributed by atoms with van der Waals surface area (Å²) in [5.74, 6) is 1.09. The summed E-state index contributed by atoms with van der Waals surface area (Å²) in [4.78, 5) is 2.66. The molecule has 158 valence electrons. The monoisotopic (exact) mass is 385 g/mol. The van der Waals surface area contributed by atoms with Crippen molar-refractivity contribution < 1.29 is 0 Å². The number of hydrogen-bond donors (Lipinski definition) is 0. The summed E-state index contributed by atoms with van der Waals surface area (Å²) in [6, 6.07) is 4.43. The Morgan fingerprint density at radius 2 is 1.50 bits per heavy atom. The lowest BCUT2D eigenvalue weighted by atomic mass is 9.84. The van der Waals surface area contributed by atoms with Gasteiger partial charge in [0.15, 0.2) is 0 Å². The Kier molecular flexibility index (Phi) is 12.7. The predicted molar refractivity (Wildman–Crippen MR) is 118 cm³/mol. The molecule has 0 aromatic carbocycles. The first kappa shape index (κ1) is 24.6. The number of unbranched alkanes of at least 4 members (excludes halogenated alkanes) is 2. The van der Waals surface area contributed by atoms with E-state index in [1.165, 1.54) is 57.1 Å². The molecule has 28 heavy (non-hydrogen) atoms. The Morgan fingerprint density at radius 3 is 1.93 bits per heavy atom. The van der Waals surface area contributed by atoms with Gasteiger partial charge >= 0.3 is 0 Å². The Labute approximate surface area is 174 Å². The molecule has 0 aromatic heterocycles. The SMILES string of the molecule is CCCCC(CC)CN(CC(CC)CCCC)C1=CC(C(C#N)C#N)CCC1. The van der Waals surface area contributed by atoms with Crippen molar-refractivity contribution in [3.63, 3.8) is 0 Å². The van der Waals surface area contributed by atoms with E-state index in [4.69, 9.17) is 0 Å². The molecule has 3 unspecified atom stereocenters. The van der Waals surface area contributed by atoms with Crippen molar-refractivity contribution in [1.82, 2.24) is 4.90 Å². The van der Waals surface area contributed by atoms with Gasteiger partial charge < -0.3 is 4.90 Å². The number of allylic oxidation sites excluding steroid dienone is 2. The lowest BCUT2D eigenvalue weighted by Crippen LogP contribution is -2.35. The highest BCUT2D eigenvalue weighted by molar-refractivity contribution is 5.15. The Hall–Kier alpha value is -1.48. The normalized spacial score (nSPS) is 18.8. The van der Waals surface area contributed by atoms with E-state index in [1.54, 1.807) is 0 Å². The topological polar surface area (TPSA) is 50.8 Å². The van der Waals surface area contributed by atoms with Crippen LogP contribution < -0.4 is 0 Å². The average molecular weight is 386 g/mol. The molecule has 0 heterocycles. The molecule has 3 nitrogen and oxygen atoms in total. The number of nitrogens with zero attached hydrogens (tertiary/aromatic N) is 3. The van der Waals surface area contributed by atoms with Crippen molar-refractivity contribution in [3.05, 3.63) is 11.8 Å². The Morgan fingerprint density at radius 1 is 0.964 bits per heavy atom. The molecule has 0 amide bonds. The van der Waals surface area contributed by atoms with Crippen LogP contribution >= 0.6 is 0 Å². The van der Waals surface area contributed by atoms with Crippen LogP contribution in [0.3, 0.4) is 0 Å². The summed E-state index contributed by atoms with van der Waals surface area (Å²) in [7, 11) is 0. The van der Waals surface area contributed by atoms with Crippen LogP contribution in [0.1, 0.15) is 98.3 Å². The van der Waals surface area contributed by atoms with Crippen molar-refractivity contribution in [1.29, 1.82) is 10.5 Å². The van der Waals surface area contributed by atoms with Crippen LogP contribution in [0.5, 0.6) is 0 Å². The maximum absolute atomic E-state index is 9.35. The molecule has 1 aliphatic carbocycles. The molecule has 3 heteroatoms. The summed E-state index contributed by atoms with van der Waals surface area (Å²) < 4.78 is 0. The van der Waals surface area contributed by atoms with Crippen LogP contribution in [0.15, 0.2) is 11.8 Å². The summed E-state index contributed by atoms with van der Waals surface area (Å²) in [5, 5.41) is 18.7. The van der Waals surface area contributed by atoms with Crippen LogP contribution in [-0.4, -0.2) is 18.0 Å². The Balaban J connectivity index is 3.00. The van der Waals surface area contributed by atoms with E-state index in [2.05, 4.69) is 50.8 Å². The molecule has 1 rings (SSSR count). The summed E-state index contributed by atoms with van der Waals surface area (Å²) in [5.41, 5.74) is 1.41. The third-order valence-corrected chi connectivity index (χ3v) is 6.53. The first-order chi connectivity index (χ1) is 13.6. The molecule has 0 fully saturated rings. The third-order valence-electron chi connectivity index (χ3n) is 6.53. The van der Waals surface area contributed by atoms with Gasteiger partial charge in [-0.3, -0.25) is 0 Å². The van der Waals surface area contributed by atoms with Crippen molar-refractivity contribution >= 4 is 0 Å². The van der Waals surface area contributed by atoms with Gasteiger partial charge in [-0.2, -0.15) is 10.5 Å². The molecule has 3 atom stereocenters. The van der Waals surface area contributed by atoms with E-state index < -0.39 is 5.92 Å². The number of hydrogen-bond acceptors (Lipinski definition) is 3. The van der Waals surface area contributed by atoms with E-state index >= 15 is 0 Å². The standard InChI is InChI=1S/C25H43N3/c1-5-9-12-21(7-3)19-28(20-22(8-4)13-10-6-2)25-15-11-14-23(16-25)24(17-26)18-27/h16,21-24H,5-15,19-20H2,1-4H3. The van der Waals surface area contributed by atoms with Gasteiger partial charge in [-0.25, -0.2) is 0 Å². The van der Waals surface area contributed by atoms with Crippen LogP contribution in [0.25, 0.3) is 0 Å². The van der Waals surface area contributed by atoms with Crippen molar-refractivity contribution in [2.24, 2.45) is 23.7 Å². The van der Waals surface area contributed by atoms with Gasteiger partial charge in [0.1, 0.15) is 5.92 Å². The minimum Gasteiger partial charge on any atom is -0.375 e. The van der Waals surface area contributed by atoms with Gasteiger partial charge in [-0.05, 0) is 43.9 Å². The van der Waals surface area contributed by atoms with Crippen LogP contribution in [0, 0.1) is 46.3 Å². The van der Waals surface area contributed by atoms with E-state index in [9.17, 15) is 10.5 Å². The maximum atomic E-state index is 9.35.